The van der Waals surface area contributed by atoms with Crippen LogP contribution in [-0.2, 0) is 0 Å². The Morgan fingerprint density at radius 2 is 1.32 bits per heavy atom. The Hall–Kier alpha value is -2.29. The molecule has 0 heterocycles. The number of rotatable bonds is 3. The molecule has 0 fully saturated rings. The number of hydrogen-bond acceptors (Lipinski definition) is 3. The molecule has 19 heavy (non-hydrogen) atoms. The van der Waals surface area contributed by atoms with Gasteiger partial charge >= 0.3 is 0 Å². The van der Waals surface area contributed by atoms with Crippen LogP contribution in [0.2, 0.25) is 0 Å². The monoisotopic (exact) mass is 254 g/mol. The van der Waals surface area contributed by atoms with Gasteiger partial charge < -0.3 is 0 Å². The van der Waals surface area contributed by atoms with Crippen molar-refractivity contribution in [3.63, 3.8) is 0 Å². The van der Waals surface area contributed by atoms with E-state index in [-0.39, 0.29) is 17.3 Å². The van der Waals surface area contributed by atoms with Crippen LogP contribution in [0.1, 0.15) is 51.8 Å². The topological polar surface area (TPSA) is 51.2 Å². The second kappa shape index (κ2) is 4.76. The zero-order valence-electron chi connectivity index (χ0n) is 11.1. The summed E-state index contributed by atoms with van der Waals surface area (Å²) in [6, 6.07) is 8.48. The van der Waals surface area contributed by atoms with Crippen molar-refractivity contribution in [2.24, 2.45) is 0 Å². The molecule has 0 aromatic carbocycles. The number of hydrogen-bond donors (Lipinski definition) is 0. The van der Waals surface area contributed by atoms with Crippen molar-refractivity contribution in [1.29, 1.82) is 0 Å². The van der Waals surface area contributed by atoms with Gasteiger partial charge in [-0.25, -0.2) is 0 Å². The van der Waals surface area contributed by atoms with Crippen molar-refractivity contribution < 1.29 is 14.4 Å². The summed E-state index contributed by atoms with van der Waals surface area (Å²) in [7, 11) is 0. The van der Waals surface area contributed by atoms with E-state index in [2.05, 4.69) is 0 Å². The van der Waals surface area contributed by atoms with E-state index in [1.807, 2.05) is 0 Å². The zero-order chi connectivity index (χ0) is 14.2. The molecule has 96 valence electrons. The highest BCUT2D eigenvalue weighted by Crippen LogP contribution is 2.33. The molecule has 0 aliphatic heterocycles. The van der Waals surface area contributed by atoms with Gasteiger partial charge in [0.1, 0.15) is 0 Å². The molecule has 0 N–H and O–H groups in total. The van der Waals surface area contributed by atoms with Crippen molar-refractivity contribution in [3.8, 4) is 11.1 Å². The van der Waals surface area contributed by atoms with Crippen molar-refractivity contribution in [1.82, 2.24) is 0 Å². The number of fused-ring (bicyclic) bond motifs is 1. The number of ketones is 3. The Morgan fingerprint density at radius 1 is 0.737 bits per heavy atom. The summed E-state index contributed by atoms with van der Waals surface area (Å²) in [5.74, 6) is -0.274. The van der Waals surface area contributed by atoms with E-state index in [1.54, 1.807) is 30.3 Å². The quantitative estimate of drug-likeness (QED) is 0.789. The van der Waals surface area contributed by atoms with E-state index in [9.17, 15) is 14.4 Å². The Bertz CT molecular complexity index is 668. The minimum Gasteiger partial charge on any atom is -0.295 e. The smallest absolute Gasteiger partial charge is 0.160 e. The molecule has 0 radical (unpaired) electrons. The Labute approximate surface area is 111 Å². The van der Waals surface area contributed by atoms with Gasteiger partial charge in [-0.2, -0.15) is 0 Å². The summed E-state index contributed by atoms with van der Waals surface area (Å²) < 4.78 is 0. The van der Waals surface area contributed by atoms with Gasteiger partial charge in [0.25, 0.3) is 0 Å². The van der Waals surface area contributed by atoms with E-state index >= 15 is 0 Å². The highest BCUT2D eigenvalue weighted by atomic mass is 16.1. The molecule has 0 saturated carbocycles. The van der Waals surface area contributed by atoms with E-state index in [1.165, 1.54) is 20.8 Å². The minimum absolute atomic E-state index is 0.0717. The summed E-state index contributed by atoms with van der Waals surface area (Å²) >= 11 is 0. The zero-order valence-corrected chi connectivity index (χ0v) is 11.1. The van der Waals surface area contributed by atoms with Crippen LogP contribution in [0.25, 0.3) is 11.1 Å². The van der Waals surface area contributed by atoms with Crippen LogP contribution in [0.3, 0.4) is 0 Å². The van der Waals surface area contributed by atoms with Crippen LogP contribution in [0.15, 0.2) is 30.3 Å². The van der Waals surface area contributed by atoms with Crippen LogP contribution in [0, 0.1) is 0 Å². The molecule has 0 aromatic rings. The maximum absolute atomic E-state index is 11.7. The van der Waals surface area contributed by atoms with Gasteiger partial charge in [-0.3, -0.25) is 14.4 Å². The van der Waals surface area contributed by atoms with Crippen LogP contribution < -0.4 is 0 Å². The van der Waals surface area contributed by atoms with Gasteiger partial charge in [-0.05, 0) is 44.0 Å². The van der Waals surface area contributed by atoms with Gasteiger partial charge in [0.2, 0.25) is 0 Å². The standard InChI is InChI=1S/C16H14O3/c1-9(17)12-5-4-6-13-14(10(2)18)8-15(11(3)19)16(13)7-12/h4-8H,1-3H3. The SMILES string of the molecule is CC(=O)c1cccc2c(C(C)=O)cc(C(C)=O)c-2c1. The lowest BCUT2D eigenvalue weighted by Gasteiger charge is -1.99. The molecule has 0 amide bonds. The molecule has 0 unspecified atom stereocenters. The third-order valence-electron chi connectivity index (χ3n) is 3.16. The molecule has 3 heteroatoms. The normalized spacial score (nSPS) is 10.5. The van der Waals surface area contributed by atoms with E-state index in [4.69, 9.17) is 0 Å². The van der Waals surface area contributed by atoms with Crippen LogP contribution in [0.5, 0.6) is 0 Å². The first-order valence-electron chi connectivity index (χ1n) is 6.01. The first-order chi connectivity index (χ1) is 8.91. The van der Waals surface area contributed by atoms with Gasteiger partial charge in [0.15, 0.2) is 17.3 Å². The summed E-state index contributed by atoms with van der Waals surface area (Å²) in [5.41, 5.74) is 2.90. The predicted molar refractivity (Wildman–Crippen MR) is 73.1 cm³/mol. The van der Waals surface area contributed by atoms with Crippen molar-refractivity contribution in [2.45, 2.75) is 20.8 Å². The maximum atomic E-state index is 11.7. The average Bonchev–Trinajstić information content (AvgIpc) is 2.53. The van der Waals surface area contributed by atoms with Crippen molar-refractivity contribution >= 4 is 17.3 Å². The third-order valence-corrected chi connectivity index (χ3v) is 3.16. The predicted octanol–water partition coefficient (Wildman–Crippen LogP) is 3.40. The van der Waals surface area contributed by atoms with Gasteiger partial charge in [0, 0.05) is 16.7 Å². The highest BCUT2D eigenvalue weighted by molar-refractivity contribution is 6.11. The van der Waals surface area contributed by atoms with Crippen LogP contribution in [0.4, 0.5) is 0 Å². The number of Topliss-reactive ketones (excluding diaryl/α,β-unsaturated/α-hetero) is 3. The molecule has 0 spiro atoms. The largest absolute Gasteiger partial charge is 0.295 e. The molecule has 0 saturated heterocycles. The molecule has 2 aliphatic carbocycles. The summed E-state index contributed by atoms with van der Waals surface area (Å²) in [6.07, 6.45) is 0. The second-order valence-electron chi connectivity index (χ2n) is 4.59. The summed E-state index contributed by atoms with van der Waals surface area (Å²) in [6.45, 7) is 4.40. The van der Waals surface area contributed by atoms with Crippen LogP contribution >= 0.6 is 0 Å². The number of carbonyl (C=O) groups excluding carboxylic acids is 3. The highest BCUT2D eigenvalue weighted by Gasteiger charge is 2.20. The van der Waals surface area contributed by atoms with E-state index < -0.39 is 0 Å². The fourth-order valence-electron chi connectivity index (χ4n) is 2.18. The lowest BCUT2D eigenvalue weighted by atomic mass is 10.0. The molecular formula is C16H14O3. The van der Waals surface area contributed by atoms with Gasteiger partial charge in [0.05, 0.1) is 0 Å². The minimum atomic E-state index is -0.113. The van der Waals surface area contributed by atoms with E-state index in [0.717, 1.165) is 0 Å². The first kappa shape index (κ1) is 13.1. The molecule has 0 atom stereocenters. The average molecular weight is 254 g/mol. The molecule has 2 rings (SSSR count). The van der Waals surface area contributed by atoms with Gasteiger partial charge in [-0.15, -0.1) is 0 Å². The fourth-order valence-corrected chi connectivity index (χ4v) is 2.18. The molecular weight excluding hydrogens is 240 g/mol. The third kappa shape index (κ3) is 2.32. The van der Waals surface area contributed by atoms with Crippen molar-refractivity contribution in [2.75, 3.05) is 0 Å². The van der Waals surface area contributed by atoms with E-state index in [0.29, 0.717) is 27.8 Å². The van der Waals surface area contributed by atoms with Crippen molar-refractivity contribution in [3.05, 3.63) is 47.0 Å². The lowest BCUT2D eigenvalue weighted by Crippen LogP contribution is -1.92. The van der Waals surface area contributed by atoms with Gasteiger partial charge in [-0.1, -0.05) is 18.2 Å². The van der Waals surface area contributed by atoms with Crippen LogP contribution in [-0.4, -0.2) is 17.3 Å². The first-order valence-corrected chi connectivity index (χ1v) is 6.01. The molecule has 3 nitrogen and oxygen atoms in total. The summed E-state index contributed by atoms with van der Waals surface area (Å²) in [4.78, 5) is 34.8. The summed E-state index contributed by atoms with van der Waals surface area (Å²) in [5, 5.41) is 0. The number of carbonyl (C=O) groups is 3. The maximum Gasteiger partial charge on any atom is 0.160 e. The Balaban J connectivity index is 2.82. The fraction of sp³-hybridized carbons (Fsp3) is 0.188. The molecule has 0 bridgehead atoms. The lowest BCUT2D eigenvalue weighted by molar-refractivity contribution is 0.100. The molecule has 2 aliphatic rings. The Kier molecular flexibility index (Phi) is 3.30. The molecule has 0 aromatic heterocycles. The Morgan fingerprint density at radius 3 is 1.84 bits per heavy atom. The second-order valence-corrected chi connectivity index (χ2v) is 4.59.